The molecule has 0 saturated heterocycles. The normalized spacial score (nSPS) is 20.5. The van der Waals surface area contributed by atoms with Gasteiger partial charge in [0.2, 0.25) is 0 Å². The van der Waals surface area contributed by atoms with Crippen LogP contribution in [0.25, 0.3) is 0 Å². The Labute approximate surface area is 84.6 Å². The van der Waals surface area contributed by atoms with Crippen molar-refractivity contribution < 1.29 is 14.4 Å². The zero-order valence-corrected chi connectivity index (χ0v) is 8.83. The minimum atomic E-state index is -0.422. The van der Waals surface area contributed by atoms with Crippen molar-refractivity contribution in [1.29, 1.82) is 0 Å². The lowest BCUT2D eigenvalue weighted by Gasteiger charge is -2.08. The number of amides is 1. The number of carbonyl (C=O) groups excluding carboxylic acids is 1. The minimum Gasteiger partial charge on any atom is -0.450 e. The number of halogens is 1. The minimum absolute atomic E-state index is 0.0845. The Balaban J connectivity index is 2.10. The van der Waals surface area contributed by atoms with Gasteiger partial charge in [-0.3, -0.25) is 0 Å². The summed E-state index contributed by atoms with van der Waals surface area (Å²) in [6.07, 6.45) is 0.180. The van der Waals surface area contributed by atoms with Crippen LogP contribution in [0.3, 0.4) is 0 Å². The molecule has 1 aliphatic rings. The molecule has 1 atom stereocenters. The summed E-state index contributed by atoms with van der Waals surface area (Å²) in [4.78, 5) is 15.8. The first-order valence-electron chi connectivity index (χ1n) is 4.01. The van der Waals surface area contributed by atoms with Gasteiger partial charge in [-0.25, -0.2) is 4.79 Å². The summed E-state index contributed by atoms with van der Waals surface area (Å²) in [6, 6.07) is 0. The first kappa shape index (κ1) is 10.3. The number of hydrogen-bond acceptors (Lipinski definition) is 4. The SMILES string of the molecule is CCOC(=O)NC[C@H]1CC(Br)=NO1. The number of carbonyl (C=O) groups is 1. The topological polar surface area (TPSA) is 59.9 Å². The highest BCUT2D eigenvalue weighted by Gasteiger charge is 2.19. The zero-order valence-electron chi connectivity index (χ0n) is 7.25. The molecule has 74 valence electrons. The van der Waals surface area contributed by atoms with E-state index in [1.165, 1.54) is 0 Å². The van der Waals surface area contributed by atoms with E-state index in [4.69, 9.17) is 4.84 Å². The molecule has 0 aromatic rings. The molecular weight excluding hydrogens is 240 g/mol. The molecule has 1 heterocycles. The van der Waals surface area contributed by atoms with Crippen LogP contribution in [0.1, 0.15) is 13.3 Å². The van der Waals surface area contributed by atoms with E-state index in [0.29, 0.717) is 19.6 Å². The monoisotopic (exact) mass is 250 g/mol. The highest BCUT2D eigenvalue weighted by Crippen LogP contribution is 2.12. The maximum absolute atomic E-state index is 10.8. The van der Waals surface area contributed by atoms with Crippen LogP contribution in [0.2, 0.25) is 0 Å². The van der Waals surface area contributed by atoms with Crippen molar-refractivity contribution in [3.05, 3.63) is 0 Å². The Bertz CT molecular complexity index is 220. The van der Waals surface area contributed by atoms with E-state index in [9.17, 15) is 4.79 Å². The van der Waals surface area contributed by atoms with Crippen LogP contribution < -0.4 is 5.32 Å². The number of oxime groups is 1. The van der Waals surface area contributed by atoms with Gasteiger partial charge in [-0.2, -0.15) is 0 Å². The summed E-state index contributed by atoms with van der Waals surface area (Å²) in [7, 11) is 0. The molecule has 0 spiro atoms. The van der Waals surface area contributed by atoms with Crippen molar-refractivity contribution in [2.75, 3.05) is 13.2 Å². The predicted molar refractivity (Wildman–Crippen MR) is 50.9 cm³/mol. The predicted octanol–water partition coefficient (Wildman–Crippen LogP) is 1.23. The summed E-state index contributed by atoms with van der Waals surface area (Å²) in [5.74, 6) is 0. The van der Waals surface area contributed by atoms with Gasteiger partial charge in [0.25, 0.3) is 0 Å². The number of hydrogen-bond donors (Lipinski definition) is 1. The van der Waals surface area contributed by atoms with E-state index in [1.54, 1.807) is 6.92 Å². The second kappa shape index (κ2) is 5.06. The van der Waals surface area contributed by atoms with Crippen LogP contribution >= 0.6 is 15.9 Å². The van der Waals surface area contributed by atoms with Gasteiger partial charge >= 0.3 is 6.09 Å². The van der Waals surface area contributed by atoms with Crippen molar-refractivity contribution in [3.8, 4) is 0 Å². The molecular formula is C7H11BrN2O3. The molecule has 0 bridgehead atoms. The van der Waals surface area contributed by atoms with Crippen LogP contribution in [-0.4, -0.2) is 30.0 Å². The number of rotatable bonds is 3. The summed E-state index contributed by atoms with van der Waals surface area (Å²) >= 11 is 3.20. The highest BCUT2D eigenvalue weighted by molar-refractivity contribution is 9.18. The Hall–Kier alpha value is -0.780. The van der Waals surface area contributed by atoms with Crippen molar-refractivity contribution >= 4 is 26.6 Å². The van der Waals surface area contributed by atoms with Crippen molar-refractivity contribution in [1.82, 2.24) is 5.32 Å². The number of nitrogens with zero attached hydrogens (tertiary/aromatic N) is 1. The third-order valence-electron chi connectivity index (χ3n) is 1.45. The van der Waals surface area contributed by atoms with E-state index in [-0.39, 0.29) is 6.10 Å². The summed E-state index contributed by atoms with van der Waals surface area (Å²) in [5.41, 5.74) is 0. The molecule has 1 amide bonds. The molecule has 6 heteroatoms. The van der Waals surface area contributed by atoms with Gasteiger partial charge in [-0.15, -0.1) is 0 Å². The average Bonchev–Trinajstić information content (AvgIpc) is 2.49. The van der Waals surface area contributed by atoms with E-state index >= 15 is 0 Å². The third-order valence-corrected chi connectivity index (χ3v) is 1.91. The summed E-state index contributed by atoms with van der Waals surface area (Å²) in [5, 5.41) is 6.25. The first-order valence-corrected chi connectivity index (χ1v) is 4.80. The van der Waals surface area contributed by atoms with Crippen molar-refractivity contribution in [3.63, 3.8) is 0 Å². The van der Waals surface area contributed by atoms with Crippen LogP contribution in [0, 0.1) is 0 Å². The standard InChI is InChI=1S/C7H11BrN2O3/c1-2-12-7(11)9-4-5-3-6(8)10-13-5/h5H,2-4H2,1H3,(H,9,11)/t5-/m1/s1. The maximum Gasteiger partial charge on any atom is 0.407 e. The molecule has 0 fully saturated rings. The lowest BCUT2D eigenvalue weighted by atomic mass is 10.3. The quantitative estimate of drug-likeness (QED) is 0.820. The molecule has 5 nitrogen and oxygen atoms in total. The zero-order chi connectivity index (χ0) is 9.68. The van der Waals surface area contributed by atoms with Crippen LogP contribution in [0.4, 0.5) is 4.79 Å². The molecule has 13 heavy (non-hydrogen) atoms. The van der Waals surface area contributed by atoms with E-state index in [2.05, 4.69) is 31.1 Å². The van der Waals surface area contributed by atoms with Gasteiger partial charge in [0.1, 0.15) is 4.62 Å². The van der Waals surface area contributed by atoms with Crippen LogP contribution in [0.5, 0.6) is 0 Å². The van der Waals surface area contributed by atoms with Crippen LogP contribution in [0.15, 0.2) is 5.16 Å². The molecule has 1 N–H and O–H groups in total. The molecule has 1 aliphatic heterocycles. The van der Waals surface area contributed by atoms with Crippen molar-refractivity contribution in [2.24, 2.45) is 5.16 Å². The number of ether oxygens (including phenoxy) is 1. The number of nitrogens with one attached hydrogen (secondary N) is 1. The lowest BCUT2D eigenvalue weighted by molar-refractivity contribution is 0.0812. The van der Waals surface area contributed by atoms with Crippen LogP contribution in [-0.2, 0) is 9.57 Å². The van der Waals surface area contributed by atoms with Gasteiger partial charge in [0.05, 0.1) is 13.2 Å². The molecule has 0 aromatic carbocycles. The van der Waals surface area contributed by atoms with Gasteiger partial charge in [-0.05, 0) is 22.9 Å². The van der Waals surface area contributed by atoms with Crippen molar-refractivity contribution in [2.45, 2.75) is 19.4 Å². The first-order chi connectivity index (χ1) is 6.22. The third kappa shape index (κ3) is 3.63. The fraction of sp³-hybridized carbons (Fsp3) is 0.714. The fourth-order valence-corrected chi connectivity index (χ4v) is 1.33. The smallest absolute Gasteiger partial charge is 0.407 e. The second-order valence-corrected chi connectivity index (χ2v) is 3.42. The Morgan fingerprint density at radius 1 is 1.92 bits per heavy atom. The Morgan fingerprint density at radius 3 is 3.23 bits per heavy atom. The summed E-state index contributed by atoms with van der Waals surface area (Å²) < 4.78 is 5.44. The molecule has 0 unspecified atom stereocenters. The molecule has 0 aromatic heterocycles. The fourth-order valence-electron chi connectivity index (χ4n) is 0.883. The van der Waals surface area contributed by atoms with Gasteiger partial charge in [0.15, 0.2) is 6.10 Å². The molecule has 1 rings (SSSR count). The highest BCUT2D eigenvalue weighted by atomic mass is 79.9. The van der Waals surface area contributed by atoms with E-state index in [1.807, 2.05) is 0 Å². The summed E-state index contributed by atoms with van der Waals surface area (Å²) in [6.45, 7) is 2.54. The van der Waals surface area contributed by atoms with E-state index in [0.717, 1.165) is 4.62 Å². The van der Waals surface area contributed by atoms with Gasteiger partial charge in [0, 0.05) is 6.42 Å². The number of alkyl carbamates (subject to hydrolysis) is 1. The maximum atomic E-state index is 10.8. The molecule has 0 saturated carbocycles. The van der Waals surface area contributed by atoms with Gasteiger partial charge < -0.3 is 14.9 Å². The molecule has 0 aliphatic carbocycles. The van der Waals surface area contributed by atoms with Gasteiger partial charge in [-0.1, -0.05) is 5.16 Å². The lowest BCUT2D eigenvalue weighted by Crippen LogP contribution is -2.32. The molecule has 0 radical (unpaired) electrons. The Morgan fingerprint density at radius 2 is 2.69 bits per heavy atom. The average molecular weight is 251 g/mol. The Kier molecular flexibility index (Phi) is 4.01. The van der Waals surface area contributed by atoms with E-state index < -0.39 is 6.09 Å². The largest absolute Gasteiger partial charge is 0.450 e. The second-order valence-electron chi connectivity index (χ2n) is 2.50.